The molecule has 0 fully saturated rings. The van der Waals surface area contributed by atoms with Crippen molar-refractivity contribution < 1.29 is 0 Å². The fourth-order valence-corrected chi connectivity index (χ4v) is 3.22. The molecule has 0 bridgehead atoms. The van der Waals surface area contributed by atoms with Gasteiger partial charge in [-0.15, -0.1) is 0 Å². The zero-order valence-corrected chi connectivity index (χ0v) is 15.6. The summed E-state index contributed by atoms with van der Waals surface area (Å²) in [5.74, 6) is 0. The molecule has 2 aromatic carbocycles. The minimum Gasteiger partial charge on any atom is -0.324 e. The van der Waals surface area contributed by atoms with E-state index in [1.54, 1.807) is 0 Å². The molecule has 0 amide bonds. The first-order valence-electron chi connectivity index (χ1n) is 7.07. The zero-order valence-electron chi connectivity index (χ0n) is 12.7. The molecule has 0 radical (unpaired) electrons. The van der Waals surface area contributed by atoms with E-state index < -0.39 is 0 Å². The smallest absolute Gasteiger partial charge is 0.0410 e. The van der Waals surface area contributed by atoms with Crippen LogP contribution in [0.15, 0.2) is 42.5 Å². The summed E-state index contributed by atoms with van der Waals surface area (Å²) in [6.07, 6.45) is 0.820. The van der Waals surface area contributed by atoms with Gasteiger partial charge in [-0.3, -0.25) is 0 Å². The van der Waals surface area contributed by atoms with Gasteiger partial charge in [0.15, 0.2) is 0 Å². The van der Waals surface area contributed by atoms with E-state index in [4.69, 9.17) is 17.3 Å². The molecule has 2 N–H and O–H groups in total. The largest absolute Gasteiger partial charge is 0.324 e. The number of benzene rings is 2. The summed E-state index contributed by atoms with van der Waals surface area (Å²) < 4.78 is 1.16. The van der Waals surface area contributed by atoms with E-state index in [0.717, 1.165) is 20.6 Å². The van der Waals surface area contributed by atoms with Crippen LogP contribution in [0.4, 0.5) is 0 Å². The Morgan fingerprint density at radius 1 is 1.10 bits per heavy atom. The van der Waals surface area contributed by atoms with Crippen LogP contribution in [-0.4, -0.2) is 0 Å². The van der Waals surface area contributed by atoms with Gasteiger partial charge in [-0.2, -0.15) is 0 Å². The number of nitrogens with two attached hydrogens (primary N) is 1. The highest BCUT2D eigenvalue weighted by Gasteiger charge is 2.14. The third kappa shape index (κ3) is 4.44. The van der Waals surface area contributed by atoms with E-state index >= 15 is 0 Å². The minimum absolute atomic E-state index is 0.0314. The first-order valence-corrected chi connectivity index (χ1v) is 8.53. The van der Waals surface area contributed by atoms with Gasteiger partial charge in [0.2, 0.25) is 0 Å². The first-order chi connectivity index (χ1) is 9.77. The Morgan fingerprint density at radius 2 is 1.71 bits per heavy atom. The quantitative estimate of drug-likeness (QED) is 0.662. The van der Waals surface area contributed by atoms with Crippen LogP contribution in [0.2, 0.25) is 5.02 Å². The van der Waals surface area contributed by atoms with Crippen molar-refractivity contribution in [2.24, 2.45) is 5.73 Å². The molecule has 0 aliphatic rings. The second-order valence-corrected chi connectivity index (χ2v) is 8.02. The SMILES string of the molecule is CC(C)(C)c1ccc(CC(N)c2cc(Cl)ccc2I)cc1. The highest BCUT2D eigenvalue weighted by atomic mass is 127. The molecule has 0 saturated heterocycles. The summed E-state index contributed by atoms with van der Waals surface area (Å²) >= 11 is 8.39. The Morgan fingerprint density at radius 3 is 2.29 bits per heavy atom. The maximum Gasteiger partial charge on any atom is 0.0410 e. The highest BCUT2D eigenvalue weighted by Crippen LogP contribution is 2.26. The van der Waals surface area contributed by atoms with Gasteiger partial charge in [-0.25, -0.2) is 0 Å². The summed E-state index contributed by atoms with van der Waals surface area (Å²) in [7, 11) is 0. The molecule has 0 aliphatic heterocycles. The van der Waals surface area contributed by atoms with Crippen LogP contribution in [0, 0.1) is 3.57 Å². The average Bonchev–Trinajstić information content (AvgIpc) is 2.41. The lowest BCUT2D eigenvalue weighted by atomic mass is 9.86. The molecular formula is C18H21ClIN. The predicted molar refractivity (Wildman–Crippen MR) is 99.9 cm³/mol. The molecule has 112 valence electrons. The van der Waals surface area contributed by atoms with Crippen LogP contribution >= 0.6 is 34.2 Å². The van der Waals surface area contributed by atoms with Gasteiger partial charge in [0.25, 0.3) is 0 Å². The Labute approximate surface area is 146 Å². The van der Waals surface area contributed by atoms with Crippen molar-refractivity contribution in [1.82, 2.24) is 0 Å². The second-order valence-electron chi connectivity index (χ2n) is 6.42. The van der Waals surface area contributed by atoms with E-state index in [1.807, 2.05) is 18.2 Å². The van der Waals surface area contributed by atoms with Gasteiger partial charge >= 0.3 is 0 Å². The molecule has 3 heteroatoms. The van der Waals surface area contributed by atoms with Crippen molar-refractivity contribution in [2.45, 2.75) is 38.6 Å². The molecule has 0 saturated carbocycles. The lowest BCUT2D eigenvalue weighted by molar-refractivity contribution is 0.589. The molecule has 1 nitrogen and oxygen atoms in total. The topological polar surface area (TPSA) is 26.0 Å². The van der Waals surface area contributed by atoms with E-state index in [-0.39, 0.29) is 11.5 Å². The van der Waals surface area contributed by atoms with Crippen molar-refractivity contribution in [2.75, 3.05) is 0 Å². The number of hydrogen-bond donors (Lipinski definition) is 1. The van der Waals surface area contributed by atoms with Crippen LogP contribution in [-0.2, 0) is 11.8 Å². The van der Waals surface area contributed by atoms with Gasteiger partial charge in [-0.05, 0) is 69.3 Å². The van der Waals surface area contributed by atoms with Gasteiger partial charge in [0.1, 0.15) is 0 Å². The third-order valence-electron chi connectivity index (χ3n) is 3.63. The van der Waals surface area contributed by atoms with E-state index in [0.29, 0.717) is 0 Å². The van der Waals surface area contributed by atoms with Crippen molar-refractivity contribution in [3.8, 4) is 0 Å². The molecule has 0 heterocycles. The molecule has 0 spiro atoms. The fourth-order valence-electron chi connectivity index (χ4n) is 2.30. The van der Waals surface area contributed by atoms with Crippen molar-refractivity contribution in [3.05, 3.63) is 67.7 Å². The van der Waals surface area contributed by atoms with Gasteiger partial charge in [0, 0.05) is 14.6 Å². The standard InChI is InChI=1S/C18H21ClIN/c1-18(2,3)13-6-4-12(5-7-13)10-17(21)15-11-14(19)8-9-16(15)20/h4-9,11,17H,10,21H2,1-3H3. The molecular weight excluding hydrogens is 393 g/mol. The zero-order chi connectivity index (χ0) is 15.6. The van der Waals surface area contributed by atoms with Gasteiger partial charge in [0.05, 0.1) is 0 Å². The summed E-state index contributed by atoms with van der Waals surface area (Å²) in [5.41, 5.74) is 10.3. The lowest BCUT2D eigenvalue weighted by Gasteiger charge is -2.20. The normalized spacial score (nSPS) is 13.2. The molecule has 1 atom stereocenters. The van der Waals surface area contributed by atoms with Gasteiger partial charge in [-0.1, -0.05) is 56.6 Å². The molecule has 2 rings (SSSR count). The molecule has 2 aromatic rings. The monoisotopic (exact) mass is 413 g/mol. The van der Waals surface area contributed by atoms with Crippen molar-refractivity contribution in [1.29, 1.82) is 0 Å². The molecule has 21 heavy (non-hydrogen) atoms. The Balaban J connectivity index is 2.16. The van der Waals surface area contributed by atoms with Crippen LogP contribution in [0.5, 0.6) is 0 Å². The third-order valence-corrected chi connectivity index (χ3v) is 4.85. The maximum absolute atomic E-state index is 6.36. The number of halogens is 2. The highest BCUT2D eigenvalue weighted by molar-refractivity contribution is 14.1. The van der Waals surface area contributed by atoms with Crippen LogP contribution < -0.4 is 5.73 Å². The average molecular weight is 414 g/mol. The molecule has 0 aromatic heterocycles. The summed E-state index contributed by atoms with van der Waals surface area (Å²) in [6, 6.07) is 14.6. The van der Waals surface area contributed by atoms with E-state index in [9.17, 15) is 0 Å². The molecule has 1 unspecified atom stereocenters. The lowest BCUT2D eigenvalue weighted by Crippen LogP contribution is -2.15. The maximum atomic E-state index is 6.36. The van der Waals surface area contributed by atoms with Gasteiger partial charge < -0.3 is 5.73 Å². The Bertz CT molecular complexity index is 614. The minimum atomic E-state index is -0.0314. The van der Waals surface area contributed by atoms with Crippen LogP contribution in [0.25, 0.3) is 0 Å². The number of rotatable bonds is 3. The fraction of sp³-hybridized carbons (Fsp3) is 0.333. The van der Waals surface area contributed by atoms with Crippen molar-refractivity contribution in [3.63, 3.8) is 0 Å². The first kappa shape index (κ1) is 16.8. The number of hydrogen-bond acceptors (Lipinski definition) is 1. The molecule has 0 aliphatic carbocycles. The summed E-state index contributed by atoms with van der Waals surface area (Å²) in [6.45, 7) is 6.67. The summed E-state index contributed by atoms with van der Waals surface area (Å²) in [5, 5.41) is 0.740. The van der Waals surface area contributed by atoms with E-state index in [1.165, 1.54) is 11.1 Å². The van der Waals surface area contributed by atoms with Crippen molar-refractivity contribution >= 4 is 34.2 Å². The van der Waals surface area contributed by atoms with Crippen LogP contribution in [0.3, 0.4) is 0 Å². The summed E-state index contributed by atoms with van der Waals surface area (Å²) in [4.78, 5) is 0. The van der Waals surface area contributed by atoms with Crippen LogP contribution in [0.1, 0.15) is 43.5 Å². The second kappa shape index (κ2) is 6.67. The predicted octanol–water partition coefficient (Wildman–Crippen LogP) is 5.48. The Kier molecular flexibility index (Phi) is 5.33. The van der Waals surface area contributed by atoms with E-state index in [2.05, 4.69) is 67.6 Å². The Hall–Kier alpha value is -0.580.